The van der Waals surface area contributed by atoms with Crippen LogP contribution in [0.3, 0.4) is 0 Å². The Morgan fingerprint density at radius 3 is 2.38 bits per heavy atom. The lowest BCUT2D eigenvalue weighted by atomic mass is 10.2. The Balaban J connectivity index is 1.62. The lowest BCUT2D eigenvalue weighted by Crippen LogP contribution is -2.53. The van der Waals surface area contributed by atoms with Crippen LogP contribution in [0.5, 0.6) is 11.5 Å². The standard InChI is InChI=1S/C21H25N3O6S2/c1-4-30-20(27)23-9-7-22(8-10-23)18(25)13-24-19(26)17(32-21(24)31)12-14-5-6-15(28-2)16(11-14)29-3/h5-6,11-12H,4,7-10,13H2,1-3H3/b17-12+. The Bertz CT molecular complexity index is 943. The summed E-state index contributed by atoms with van der Waals surface area (Å²) >= 11 is 6.50. The van der Waals surface area contributed by atoms with E-state index in [-0.39, 0.29) is 24.5 Å². The highest BCUT2D eigenvalue weighted by molar-refractivity contribution is 8.26. The summed E-state index contributed by atoms with van der Waals surface area (Å²) in [5, 5.41) is 0. The van der Waals surface area contributed by atoms with E-state index in [4.69, 9.17) is 26.4 Å². The summed E-state index contributed by atoms with van der Waals surface area (Å²) in [5.41, 5.74) is 0.754. The lowest BCUT2D eigenvalue weighted by Gasteiger charge is -2.34. The molecule has 0 aliphatic carbocycles. The fourth-order valence-electron chi connectivity index (χ4n) is 3.32. The zero-order chi connectivity index (χ0) is 23.3. The molecule has 0 N–H and O–H groups in total. The Hall–Kier alpha value is -2.79. The van der Waals surface area contributed by atoms with Crippen molar-refractivity contribution in [3.8, 4) is 11.5 Å². The zero-order valence-electron chi connectivity index (χ0n) is 18.2. The van der Waals surface area contributed by atoms with Crippen LogP contribution in [0, 0.1) is 0 Å². The minimum Gasteiger partial charge on any atom is -0.493 e. The Labute approximate surface area is 196 Å². The van der Waals surface area contributed by atoms with Crippen LogP contribution in [0.2, 0.25) is 0 Å². The Kier molecular flexibility index (Phi) is 7.97. The van der Waals surface area contributed by atoms with Gasteiger partial charge in [-0.3, -0.25) is 14.5 Å². The molecule has 3 rings (SSSR count). The molecule has 0 saturated carbocycles. The van der Waals surface area contributed by atoms with Crippen molar-refractivity contribution in [3.63, 3.8) is 0 Å². The highest BCUT2D eigenvalue weighted by Crippen LogP contribution is 2.34. The van der Waals surface area contributed by atoms with E-state index in [9.17, 15) is 14.4 Å². The van der Waals surface area contributed by atoms with Gasteiger partial charge in [-0.05, 0) is 30.7 Å². The molecule has 1 aromatic carbocycles. The molecule has 172 valence electrons. The van der Waals surface area contributed by atoms with Gasteiger partial charge < -0.3 is 24.0 Å². The fraction of sp³-hybridized carbons (Fsp3) is 0.429. The second-order valence-corrected chi connectivity index (χ2v) is 8.62. The first-order chi connectivity index (χ1) is 15.4. The molecule has 9 nitrogen and oxygen atoms in total. The lowest BCUT2D eigenvalue weighted by molar-refractivity contribution is -0.136. The minimum absolute atomic E-state index is 0.132. The maximum atomic E-state index is 12.9. The van der Waals surface area contributed by atoms with Crippen molar-refractivity contribution in [2.24, 2.45) is 0 Å². The second-order valence-electron chi connectivity index (χ2n) is 6.95. The van der Waals surface area contributed by atoms with E-state index in [2.05, 4.69) is 0 Å². The van der Waals surface area contributed by atoms with Gasteiger partial charge in [-0.15, -0.1) is 0 Å². The topological polar surface area (TPSA) is 88.6 Å². The molecule has 1 aromatic rings. The maximum absolute atomic E-state index is 12.9. The number of amides is 3. The molecule has 0 bridgehead atoms. The van der Waals surface area contributed by atoms with Crippen molar-refractivity contribution >= 4 is 52.3 Å². The molecule has 11 heteroatoms. The number of rotatable bonds is 6. The quantitative estimate of drug-likeness (QED) is 0.453. The predicted molar refractivity (Wildman–Crippen MR) is 125 cm³/mol. The van der Waals surface area contributed by atoms with Gasteiger partial charge in [-0.25, -0.2) is 4.79 Å². The molecule has 2 fully saturated rings. The van der Waals surface area contributed by atoms with Crippen LogP contribution in [-0.4, -0.2) is 90.5 Å². The summed E-state index contributed by atoms with van der Waals surface area (Å²) in [7, 11) is 3.09. The van der Waals surface area contributed by atoms with Crippen LogP contribution in [-0.2, 0) is 14.3 Å². The van der Waals surface area contributed by atoms with Gasteiger partial charge >= 0.3 is 6.09 Å². The van der Waals surface area contributed by atoms with Crippen molar-refractivity contribution in [2.45, 2.75) is 6.92 Å². The molecule has 2 heterocycles. The number of carbonyl (C=O) groups excluding carboxylic acids is 3. The molecule has 0 radical (unpaired) electrons. The van der Waals surface area contributed by atoms with E-state index in [1.54, 1.807) is 49.2 Å². The van der Waals surface area contributed by atoms with Crippen molar-refractivity contribution in [3.05, 3.63) is 28.7 Å². The second kappa shape index (κ2) is 10.7. The number of hydrogen-bond donors (Lipinski definition) is 0. The third-order valence-electron chi connectivity index (χ3n) is 5.03. The largest absolute Gasteiger partial charge is 0.493 e. The predicted octanol–water partition coefficient (Wildman–Crippen LogP) is 2.21. The van der Waals surface area contributed by atoms with Gasteiger partial charge in [0.1, 0.15) is 10.9 Å². The number of carbonyl (C=O) groups is 3. The molecule has 0 atom stereocenters. The van der Waals surface area contributed by atoms with Crippen molar-refractivity contribution < 1.29 is 28.6 Å². The first-order valence-electron chi connectivity index (χ1n) is 10.0. The molecular formula is C21H25N3O6S2. The zero-order valence-corrected chi connectivity index (χ0v) is 19.8. The van der Waals surface area contributed by atoms with E-state index in [0.717, 1.165) is 17.3 Å². The van der Waals surface area contributed by atoms with Crippen LogP contribution < -0.4 is 9.47 Å². The van der Waals surface area contributed by atoms with Crippen LogP contribution in [0.1, 0.15) is 12.5 Å². The third-order valence-corrected chi connectivity index (χ3v) is 6.41. The fourth-order valence-corrected chi connectivity index (χ4v) is 4.57. The summed E-state index contributed by atoms with van der Waals surface area (Å²) in [6, 6.07) is 5.33. The average Bonchev–Trinajstić information content (AvgIpc) is 3.06. The molecule has 2 aliphatic rings. The number of piperazine rings is 1. The number of nitrogens with zero attached hydrogens (tertiary/aromatic N) is 3. The summed E-state index contributed by atoms with van der Waals surface area (Å²) in [5.74, 6) is 0.616. The van der Waals surface area contributed by atoms with Gasteiger partial charge in [-0.2, -0.15) is 0 Å². The van der Waals surface area contributed by atoms with Crippen LogP contribution >= 0.6 is 24.0 Å². The van der Waals surface area contributed by atoms with Crippen molar-refractivity contribution in [1.29, 1.82) is 0 Å². The van der Waals surface area contributed by atoms with E-state index in [1.807, 2.05) is 6.07 Å². The molecule has 2 saturated heterocycles. The summed E-state index contributed by atoms with van der Waals surface area (Å²) in [4.78, 5) is 42.4. The smallest absolute Gasteiger partial charge is 0.409 e. The van der Waals surface area contributed by atoms with Crippen LogP contribution in [0.25, 0.3) is 6.08 Å². The first-order valence-corrected chi connectivity index (χ1v) is 11.3. The number of thiocarbonyl (C=S) groups is 1. The summed E-state index contributed by atoms with van der Waals surface area (Å²) in [6.07, 6.45) is 1.33. The van der Waals surface area contributed by atoms with Crippen molar-refractivity contribution in [1.82, 2.24) is 14.7 Å². The monoisotopic (exact) mass is 479 g/mol. The molecule has 3 amide bonds. The SMILES string of the molecule is CCOC(=O)N1CCN(C(=O)CN2C(=O)/C(=C\c3ccc(OC)c(OC)c3)SC2=S)CC1. The molecule has 2 aliphatic heterocycles. The van der Waals surface area contributed by atoms with Gasteiger partial charge in [0.15, 0.2) is 11.5 Å². The van der Waals surface area contributed by atoms with Gasteiger partial charge in [0, 0.05) is 26.2 Å². The molecular weight excluding hydrogens is 454 g/mol. The average molecular weight is 480 g/mol. The number of thioether (sulfide) groups is 1. The minimum atomic E-state index is -0.378. The highest BCUT2D eigenvalue weighted by Gasteiger charge is 2.35. The Morgan fingerprint density at radius 2 is 1.75 bits per heavy atom. The number of benzene rings is 1. The first kappa shape index (κ1) is 23.9. The van der Waals surface area contributed by atoms with Crippen molar-refractivity contribution in [2.75, 3.05) is 53.6 Å². The summed E-state index contributed by atoms with van der Waals surface area (Å²) in [6.45, 7) is 3.47. The molecule has 0 aromatic heterocycles. The number of ether oxygens (including phenoxy) is 3. The van der Waals surface area contributed by atoms with E-state index in [0.29, 0.717) is 53.5 Å². The van der Waals surface area contributed by atoms with Crippen LogP contribution in [0.15, 0.2) is 23.1 Å². The molecule has 0 unspecified atom stereocenters. The maximum Gasteiger partial charge on any atom is 0.409 e. The van der Waals surface area contributed by atoms with E-state index in [1.165, 1.54) is 4.90 Å². The van der Waals surface area contributed by atoms with Gasteiger partial charge in [0.2, 0.25) is 5.91 Å². The summed E-state index contributed by atoms with van der Waals surface area (Å²) < 4.78 is 15.9. The van der Waals surface area contributed by atoms with E-state index >= 15 is 0 Å². The number of methoxy groups -OCH3 is 2. The van der Waals surface area contributed by atoms with Gasteiger partial charge in [0.05, 0.1) is 25.7 Å². The molecule has 0 spiro atoms. The third kappa shape index (κ3) is 5.33. The number of hydrogen-bond acceptors (Lipinski definition) is 8. The molecule has 32 heavy (non-hydrogen) atoms. The van der Waals surface area contributed by atoms with Gasteiger partial charge in [0.25, 0.3) is 5.91 Å². The Morgan fingerprint density at radius 1 is 1.09 bits per heavy atom. The van der Waals surface area contributed by atoms with E-state index < -0.39 is 0 Å². The normalized spacial score (nSPS) is 17.7. The van der Waals surface area contributed by atoms with Gasteiger partial charge in [-0.1, -0.05) is 30.0 Å². The highest BCUT2D eigenvalue weighted by atomic mass is 32.2. The van der Waals surface area contributed by atoms with Crippen LogP contribution in [0.4, 0.5) is 4.79 Å².